The molecule has 2 aromatic carbocycles. The van der Waals surface area contributed by atoms with E-state index >= 15 is 8.78 Å². The highest BCUT2D eigenvalue weighted by atomic mass is 19.3. The topological polar surface area (TPSA) is 87.3 Å². The zero-order chi connectivity index (χ0) is 24.6. The number of alkyl halides is 2. The van der Waals surface area contributed by atoms with E-state index < -0.39 is 46.1 Å². The molecule has 3 saturated carbocycles. The first-order valence-electron chi connectivity index (χ1n) is 11.4. The zero-order valence-corrected chi connectivity index (χ0v) is 18.6. The zero-order valence-electron chi connectivity index (χ0n) is 18.6. The molecular weight excluding hydrogens is 466 g/mol. The molecule has 7 nitrogen and oxygen atoms in total. The third-order valence-electron chi connectivity index (χ3n) is 8.08. The maximum Gasteiger partial charge on any atom is 0.287 e. The highest BCUT2D eigenvalue weighted by Crippen LogP contribution is 2.80. The van der Waals surface area contributed by atoms with Gasteiger partial charge in [0.15, 0.2) is 5.60 Å². The molecule has 0 amide bonds. The molecule has 2 bridgehead atoms. The number of aliphatic hydroxyl groups excluding tert-OH is 1. The summed E-state index contributed by atoms with van der Waals surface area (Å²) in [5.74, 6) is -5.94. The SMILES string of the molecule is OC1CN(c2ccc(C34CC(C(F)(F)[C@](O)(Cn5cnnn5)c5ccc(F)cc5F)(C3)C4)cc2)C1. The van der Waals surface area contributed by atoms with Gasteiger partial charge in [-0.25, -0.2) is 22.2 Å². The summed E-state index contributed by atoms with van der Waals surface area (Å²) in [5, 5.41) is 31.3. The van der Waals surface area contributed by atoms with Gasteiger partial charge in [-0.3, -0.25) is 0 Å². The molecular formula is C24H23F4N5O2. The number of aliphatic hydroxyl groups is 2. The number of tetrazole rings is 1. The number of halogens is 4. The first-order chi connectivity index (χ1) is 16.6. The van der Waals surface area contributed by atoms with Crippen molar-refractivity contribution >= 4 is 5.69 Å². The summed E-state index contributed by atoms with van der Waals surface area (Å²) < 4.78 is 61.6. The number of nitrogens with zero attached hydrogens (tertiary/aromatic N) is 5. The predicted molar refractivity (Wildman–Crippen MR) is 116 cm³/mol. The molecule has 2 N–H and O–H groups in total. The fourth-order valence-electron chi connectivity index (χ4n) is 6.22. The van der Waals surface area contributed by atoms with Crippen molar-refractivity contribution in [2.45, 2.75) is 48.8 Å². The quantitative estimate of drug-likeness (QED) is 0.497. The van der Waals surface area contributed by atoms with Gasteiger partial charge in [0.2, 0.25) is 0 Å². The van der Waals surface area contributed by atoms with Crippen molar-refractivity contribution in [2.75, 3.05) is 18.0 Å². The Hall–Kier alpha value is -3.05. The lowest BCUT2D eigenvalue weighted by Crippen LogP contribution is -2.76. The maximum atomic E-state index is 16.2. The van der Waals surface area contributed by atoms with Crippen LogP contribution in [0.1, 0.15) is 30.4 Å². The van der Waals surface area contributed by atoms with E-state index in [1.54, 1.807) is 0 Å². The third kappa shape index (κ3) is 3.07. The van der Waals surface area contributed by atoms with Gasteiger partial charge < -0.3 is 15.1 Å². The second-order valence-electron chi connectivity index (χ2n) is 10.3. The molecule has 2 heterocycles. The predicted octanol–water partition coefficient (Wildman–Crippen LogP) is 2.78. The molecule has 11 heteroatoms. The summed E-state index contributed by atoms with van der Waals surface area (Å²) in [6.07, 6.45) is 1.14. The first-order valence-corrected chi connectivity index (χ1v) is 11.4. The number of β-amino-alcohol motifs (C(OH)–C–C–N with tert-alkyl or cyclic N) is 1. The van der Waals surface area contributed by atoms with Gasteiger partial charge in [0.05, 0.1) is 12.6 Å². The van der Waals surface area contributed by atoms with Crippen LogP contribution in [0.5, 0.6) is 0 Å². The molecule has 0 spiro atoms. The van der Waals surface area contributed by atoms with Crippen molar-refractivity contribution in [3.05, 3.63) is 71.6 Å². The molecule has 1 aliphatic heterocycles. The van der Waals surface area contributed by atoms with Crippen molar-refractivity contribution in [2.24, 2.45) is 5.41 Å². The fraction of sp³-hybridized carbons (Fsp3) is 0.458. The van der Waals surface area contributed by atoms with Crippen LogP contribution >= 0.6 is 0 Å². The van der Waals surface area contributed by atoms with Crippen LogP contribution in [0.3, 0.4) is 0 Å². The average Bonchev–Trinajstić information content (AvgIpc) is 3.22. The Balaban J connectivity index is 1.28. The van der Waals surface area contributed by atoms with Gasteiger partial charge in [-0.1, -0.05) is 12.1 Å². The Bertz CT molecular complexity index is 1240. The second kappa shape index (κ2) is 7.23. The first kappa shape index (κ1) is 22.4. The number of benzene rings is 2. The van der Waals surface area contributed by atoms with Crippen LogP contribution in [0.25, 0.3) is 0 Å². The van der Waals surface area contributed by atoms with Crippen LogP contribution < -0.4 is 4.90 Å². The molecule has 35 heavy (non-hydrogen) atoms. The summed E-state index contributed by atoms with van der Waals surface area (Å²) in [6, 6.07) is 9.89. The molecule has 3 aromatic rings. The van der Waals surface area contributed by atoms with Gasteiger partial charge in [0.25, 0.3) is 5.92 Å². The molecule has 0 unspecified atom stereocenters. The van der Waals surface area contributed by atoms with Gasteiger partial charge in [-0.2, -0.15) is 0 Å². The van der Waals surface area contributed by atoms with E-state index in [2.05, 4.69) is 15.5 Å². The third-order valence-corrected chi connectivity index (χ3v) is 8.08. The fourth-order valence-corrected chi connectivity index (χ4v) is 6.22. The Morgan fingerprint density at radius 2 is 1.71 bits per heavy atom. The van der Waals surface area contributed by atoms with Crippen LogP contribution in [0.4, 0.5) is 23.2 Å². The summed E-state index contributed by atoms with van der Waals surface area (Å²) >= 11 is 0. The lowest BCUT2D eigenvalue weighted by atomic mass is 9.30. The smallest absolute Gasteiger partial charge is 0.287 e. The minimum Gasteiger partial charge on any atom is -0.389 e. The molecule has 7 rings (SSSR count). The van der Waals surface area contributed by atoms with Crippen LogP contribution in [0, 0.1) is 17.0 Å². The molecule has 3 aliphatic carbocycles. The second-order valence-corrected chi connectivity index (χ2v) is 10.3. The normalized spacial score (nSPS) is 27.5. The summed E-state index contributed by atoms with van der Waals surface area (Å²) in [6.45, 7) is 0.347. The number of anilines is 1. The maximum absolute atomic E-state index is 16.2. The number of rotatable bonds is 7. The highest BCUT2D eigenvalue weighted by Gasteiger charge is 2.82. The standard InChI is InChI=1S/C24H23F4N5O2/c25-16-3-6-19(20(26)7-16)23(35,13-33-14-29-30-31-33)24(27,28)22-10-21(11-22,12-22)15-1-4-17(5-2-15)32-8-18(34)9-32/h1-7,14,18,34-35H,8-13H2/t21?,22?,23-/m0/s1. The monoisotopic (exact) mass is 489 g/mol. The van der Waals surface area contributed by atoms with Gasteiger partial charge in [0, 0.05) is 35.8 Å². The summed E-state index contributed by atoms with van der Waals surface area (Å²) in [7, 11) is 0. The van der Waals surface area contributed by atoms with Gasteiger partial charge in [-0.15, -0.1) is 5.10 Å². The van der Waals surface area contributed by atoms with E-state index in [0.717, 1.165) is 34.4 Å². The van der Waals surface area contributed by atoms with E-state index in [-0.39, 0.29) is 25.4 Å². The van der Waals surface area contributed by atoms with Crippen molar-refractivity contribution in [3.63, 3.8) is 0 Å². The van der Waals surface area contributed by atoms with E-state index in [4.69, 9.17) is 0 Å². The van der Waals surface area contributed by atoms with E-state index in [0.29, 0.717) is 19.2 Å². The lowest BCUT2D eigenvalue weighted by molar-refractivity contribution is -0.347. The summed E-state index contributed by atoms with van der Waals surface area (Å²) in [4.78, 5) is 2.03. The van der Waals surface area contributed by atoms with E-state index in [1.807, 2.05) is 29.2 Å². The van der Waals surface area contributed by atoms with Crippen molar-refractivity contribution in [3.8, 4) is 0 Å². The van der Waals surface area contributed by atoms with Gasteiger partial charge >= 0.3 is 0 Å². The van der Waals surface area contributed by atoms with Crippen LogP contribution in [-0.2, 0) is 17.6 Å². The van der Waals surface area contributed by atoms with Crippen molar-refractivity contribution < 1.29 is 27.8 Å². The minimum absolute atomic E-state index is 0.134. The Kier molecular flexibility index (Phi) is 4.63. The van der Waals surface area contributed by atoms with E-state index in [1.165, 1.54) is 0 Å². The van der Waals surface area contributed by atoms with Gasteiger partial charge in [-0.05, 0) is 64.9 Å². The molecule has 4 fully saturated rings. The molecule has 1 atom stereocenters. The highest BCUT2D eigenvalue weighted by molar-refractivity contribution is 5.53. The molecule has 1 aromatic heterocycles. The Morgan fingerprint density at radius 3 is 2.29 bits per heavy atom. The largest absolute Gasteiger partial charge is 0.389 e. The van der Waals surface area contributed by atoms with Crippen LogP contribution in [-0.4, -0.2) is 55.5 Å². The number of hydrogen-bond donors (Lipinski definition) is 2. The molecule has 1 saturated heterocycles. The molecule has 184 valence electrons. The minimum atomic E-state index is -3.75. The summed E-state index contributed by atoms with van der Waals surface area (Å²) in [5.41, 5.74) is -3.73. The lowest BCUT2D eigenvalue weighted by Gasteiger charge is -2.74. The average molecular weight is 489 g/mol. The Morgan fingerprint density at radius 1 is 1.03 bits per heavy atom. The van der Waals surface area contributed by atoms with Crippen molar-refractivity contribution in [1.82, 2.24) is 20.2 Å². The van der Waals surface area contributed by atoms with Gasteiger partial charge in [0.1, 0.15) is 18.0 Å². The molecule has 0 radical (unpaired) electrons. The van der Waals surface area contributed by atoms with E-state index in [9.17, 15) is 19.0 Å². The number of hydrogen-bond acceptors (Lipinski definition) is 6. The van der Waals surface area contributed by atoms with Crippen LogP contribution in [0.2, 0.25) is 0 Å². The molecule has 4 aliphatic rings. The Labute approximate surface area is 198 Å². The van der Waals surface area contributed by atoms with Crippen LogP contribution in [0.15, 0.2) is 48.8 Å². The number of aromatic nitrogens is 4. The van der Waals surface area contributed by atoms with Crippen molar-refractivity contribution in [1.29, 1.82) is 0 Å².